The van der Waals surface area contributed by atoms with Gasteiger partial charge in [-0.05, 0) is 6.92 Å². The van der Waals surface area contributed by atoms with Crippen LogP contribution in [0.3, 0.4) is 0 Å². The molecular weight excluding hydrogens is 236 g/mol. The summed E-state index contributed by atoms with van der Waals surface area (Å²) in [5.74, 6) is 0.431. The van der Waals surface area contributed by atoms with Crippen molar-refractivity contribution in [1.82, 2.24) is 0 Å². The number of aryl methyl sites for hydroxylation is 1. The summed E-state index contributed by atoms with van der Waals surface area (Å²) < 4.78 is 10.3. The molecule has 102 valence electrons. The average molecular weight is 256 g/mol. The summed E-state index contributed by atoms with van der Waals surface area (Å²) in [6.45, 7) is 1.75. The van der Waals surface area contributed by atoms with Crippen LogP contribution in [-0.4, -0.2) is 41.7 Å². The van der Waals surface area contributed by atoms with Crippen molar-refractivity contribution >= 4 is 0 Å². The van der Waals surface area contributed by atoms with Crippen LogP contribution in [0.2, 0.25) is 0 Å². The zero-order valence-electron chi connectivity index (χ0n) is 10.7. The van der Waals surface area contributed by atoms with Gasteiger partial charge in [-0.3, -0.25) is 0 Å². The monoisotopic (exact) mass is 256 g/mol. The maximum Gasteiger partial charge on any atom is 0.130 e. The van der Waals surface area contributed by atoms with Gasteiger partial charge in [0.05, 0.1) is 19.8 Å². The highest BCUT2D eigenvalue weighted by molar-refractivity contribution is 5.44. The summed E-state index contributed by atoms with van der Waals surface area (Å²) >= 11 is 0. The van der Waals surface area contributed by atoms with E-state index in [4.69, 9.17) is 9.47 Å². The Kier molecular flexibility index (Phi) is 6.07. The second-order valence-corrected chi connectivity index (χ2v) is 4.15. The number of aliphatic hydroxyl groups excluding tert-OH is 3. The molecule has 1 atom stereocenters. The fraction of sp³-hybridized carbons (Fsp3) is 0.538. The maximum atomic E-state index is 9.52. The van der Waals surface area contributed by atoms with Gasteiger partial charge in [0.1, 0.15) is 18.5 Å². The third-order valence-corrected chi connectivity index (χ3v) is 2.51. The summed E-state index contributed by atoms with van der Waals surface area (Å²) in [6, 6.07) is 3.58. The zero-order valence-corrected chi connectivity index (χ0v) is 10.7. The molecule has 0 bridgehead atoms. The molecule has 0 radical (unpaired) electrons. The molecule has 0 heterocycles. The van der Waals surface area contributed by atoms with Crippen LogP contribution in [0.4, 0.5) is 0 Å². The van der Waals surface area contributed by atoms with E-state index in [2.05, 4.69) is 0 Å². The Bertz CT molecular complexity index is 353. The standard InChI is InChI=1S/C13H20O5/c1-9-3-10(5-14)13(11(4-9)6-15)18-8-12(16)7-17-2/h3-4,12,14-16H,5-8H2,1-2H3. The lowest BCUT2D eigenvalue weighted by atomic mass is 10.1. The molecule has 18 heavy (non-hydrogen) atoms. The lowest BCUT2D eigenvalue weighted by molar-refractivity contribution is 0.0314. The Morgan fingerprint density at radius 3 is 2.11 bits per heavy atom. The number of rotatable bonds is 7. The molecule has 1 unspecified atom stereocenters. The first-order valence-corrected chi connectivity index (χ1v) is 5.76. The van der Waals surface area contributed by atoms with Gasteiger partial charge in [0.25, 0.3) is 0 Å². The normalized spacial score (nSPS) is 12.5. The van der Waals surface area contributed by atoms with Gasteiger partial charge in [0.15, 0.2) is 0 Å². The fourth-order valence-electron chi connectivity index (χ4n) is 1.77. The minimum atomic E-state index is -0.741. The predicted molar refractivity (Wildman–Crippen MR) is 66.4 cm³/mol. The molecule has 1 aromatic carbocycles. The second-order valence-electron chi connectivity index (χ2n) is 4.15. The fourth-order valence-corrected chi connectivity index (χ4v) is 1.77. The molecule has 0 spiro atoms. The second kappa shape index (κ2) is 7.33. The van der Waals surface area contributed by atoms with Crippen LogP contribution in [-0.2, 0) is 18.0 Å². The summed E-state index contributed by atoms with van der Waals surface area (Å²) in [6.07, 6.45) is -0.741. The summed E-state index contributed by atoms with van der Waals surface area (Å²) in [4.78, 5) is 0. The van der Waals surface area contributed by atoms with Crippen LogP contribution < -0.4 is 4.74 Å². The van der Waals surface area contributed by atoms with E-state index in [0.717, 1.165) is 5.56 Å². The van der Waals surface area contributed by atoms with E-state index in [9.17, 15) is 15.3 Å². The Balaban J connectivity index is 2.85. The van der Waals surface area contributed by atoms with E-state index >= 15 is 0 Å². The van der Waals surface area contributed by atoms with Crippen molar-refractivity contribution in [2.75, 3.05) is 20.3 Å². The average Bonchev–Trinajstić information content (AvgIpc) is 2.36. The first-order chi connectivity index (χ1) is 8.62. The van der Waals surface area contributed by atoms with Crippen molar-refractivity contribution in [3.8, 4) is 5.75 Å². The van der Waals surface area contributed by atoms with Gasteiger partial charge in [-0.15, -0.1) is 0 Å². The largest absolute Gasteiger partial charge is 0.490 e. The maximum absolute atomic E-state index is 9.52. The molecule has 5 heteroatoms. The van der Waals surface area contributed by atoms with Gasteiger partial charge in [-0.2, -0.15) is 0 Å². The van der Waals surface area contributed by atoms with E-state index in [1.807, 2.05) is 6.92 Å². The van der Waals surface area contributed by atoms with Gasteiger partial charge in [-0.25, -0.2) is 0 Å². The van der Waals surface area contributed by atoms with Crippen LogP contribution in [0, 0.1) is 6.92 Å². The number of aliphatic hydroxyl groups is 3. The highest BCUT2D eigenvalue weighted by Gasteiger charge is 2.12. The Hall–Kier alpha value is -1.14. The molecule has 0 saturated heterocycles. The van der Waals surface area contributed by atoms with Crippen LogP contribution >= 0.6 is 0 Å². The summed E-state index contributed by atoms with van der Waals surface area (Å²) in [5, 5.41) is 28.1. The van der Waals surface area contributed by atoms with E-state index in [0.29, 0.717) is 16.9 Å². The third-order valence-electron chi connectivity index (χ3n) is 2.51. The molecular formula is C13H20O5. The highest BCUT2D eigenvalue weighted by Crippen LogP contribution is 2.26. The molecule has 1 aromatic rings. The molecule has 0 fully saturated rings. The first-order valence-electron chi connectivity index (χ1n) is 5.76. The number of methoxy groups -OCH3 is 1. The predicted octanol–water partition coefficient (Wildman–Crippen LogP) is 0.366. The quantitative estimate of drug-likeness (QED) is 0.656. The topological polar surface area (TPSA) is 79.2 Å². The van der Waals surface area contributed by atoms with Crippen molar-refractivity contribution in [1.29, 1.82) is 0 Å². The number of hydrogen-bond acceptors (Lipinski definition) is 5. The zero-order chi connectivity index (χ0) is 13.5. The molecule has 1 rings (SSSR count). The van der Waals surface area contributed by atoms with Gasteiger partial charge >= 0.3 is 0 Å². The lowest BCUT2D eigenvalue weighted by Gasteiger charge is -2.17. The molecule has 0 saturated carbocycles. The molecule has 0 aliphatic rings. The molecule has 0 aliphatic carbocycles. The van der Waals surface area contributed by atoms with Crippen molar-refractivity contribution in [3.05, 3.63) is 28.8 Å². The number of ether oxygens (including phenoxy) is 2. The summed E-state index contributed by atoms with van der Waals surface area (Å²) in [5.41, 5.74) is 2.14. The number of hydrogen-bond donors (Lipinski definition) is 3. The lowest BCUT2D eigenvalue weighted by Crippen LogP contribution is -2.23. The highest BCUT2D eigenvalue weighted by atomic mass is 16.5. The van der Waals surface area contributed by atoms with Gasteiger partial charge in [-0.1, -0.05) is 17.7 Å². The van der Waals surface area contributed by atoms with Crippen LogP contribution in [0.5, 0.6) is 5.75 Å². The molecule has 0 aliphatic heterocycles. The van der Waals surface area contributed by atoms with Gasteiger partial charge in [0, 0.05) is 18.2 Å². The van der Waals surface area contributed by atoms with Crippen LogP contribution in [0.25, 0.3) is 0 Å². The van der Waals surface area contributed by atoms with Gasteiger partial charge < -0.3 is 24.8 Å². The van der Waals surface area contributed by atoms with Crippen molar-refractivity contribution in [2.24, 2.45) is 0 Å². The SMILES string of the molecule is COCC(O)COc1c(CO)cc(C)cc1CO. The molecule has 3 N–H and O–H groups in total. The smallest absolute Gasteiger partial charge is 0.130 e. The Labute approximate surface area is 107 Å². The van der Waals surface area contributed by atoms with E-state index in [1.54, 1.807) is 12.1 Å². The van der Waals surface area contributed by atoms with E-state index in [-0.39, 0.29) is 26.4 Å². The van der Waals surface area contributed by atoms with E-state index < -0.39 is 6.10 Å². The third kappa shape index (κ3) is 3.96. The van der Waals surface area contributed by atoms with Gasteiger partial charge in [0.2, 0.25) is 0 Å². The first kappa shape index (κ1) is 14.9. The molecule has 0 aromatic heterocycles. The van der Waals surface area contributed by atoms with Crippen LogP contribution in [0.15, 0.2) is 12.1 Å². The summed E-state index contributed by atoms with van der Waals surface area (Å²) in [7, 11) is 1.49. The van der Waals surface area contributed by atoms with Crippen molar-refractivity contribution in [3.63, 3.8) is 0 Å². The minimum absolute atomic E-state index is 0.0525. The Morgan fingerprint density at radius 1 is 1.11 bits per heavy atom. The minimum Gasteiger partial charge on any atom is -0.490 e. The molecule has 5 nitrogen and oxygen atoms in total. The number of benzene rings is 1. The Morgan fingerprint density at radius 2 is 1.67 bits per heavy atom. The van der Waals surface area contributed by atoms with E-state index in [1.165, 1.54) is 7.11 Å². The van der Waals surface area contributed by atoms with Crippen molar-refractivity contribution < 1.29 is 24.8 Å². The molecule has 0 amide bonds. The van der Waals surface area contributed by atoms with Crippen LogP contribution in [0.1, 0.15) is 16.7 Å². The van der Waals surface area contributed by atoms with Crippen molar-refractivity contribution in [2.45, 2.75) is 26.2 Å².